The highest BCUT2D eigenvalue weighted by atomic mass is 79.9. The van der Waals surface area contributed by atoms with E-state index in [0.717, 1.165) is 10.0 Å². The summed E-state index contributed by atoms with van der Waals surface area (Å²) in [5.74, 6) is 0.913. The molecule has 2 N–H and O–H groups in total. The van der Waals surface area contributed by atoms with Gasteiger partial charge in [-0.2, -0.15) is 5.10 Å². The van der Waals surface area contributed by atoms with Gasteiger partial charge in [0.25, 0.3) is 11.5 Å². The molecule has 2 heterocycles. The van der Waals surface area contributed by atoms with E-state index in [1.807, 2.05) is 12.1 Å². The van der Waals surface area contributed by atoms with Gasteiger partial charge in [0.2, 0.25) is 6.79 Å². The number of aromatic amines is 1. The fraction of sp³-hybridized carbons (Fsp3) is 0.118. The quantitative estimate of drug-likeness (QED) is 0.702. The van der Waals surface area contributed by atoms with Crippen molar-refractivity contribution in [2.75, 3.05) is 6.79 Å². The van der Waals surface area contributed by atoms with E-state index >= 15 is 0 Å². The van der Waals surface area contributed by atoms with Crippen LogP contribution in [0.4, 0.5) is 0 Å². The lowest BCUT2D eigenvalue weighted by molar-refractivity contribution is 0.0946. The van der Waals surface area contributed by atoms with Gasteiger partial charge in [-0.25, -0.2) is 5.10 Å². The summed E-state index contributed by atoms with van der Waals surface area (Å²) in [4.78, 5) is 24.3. The molecule has 1 aliphatic rings. The minimum Gasteiger partial charge on any atom is -0.454 e. The second-order valence-corrected chi connectivity index (χ2v) is 6.30. The molecule has 0 fully saturated rings. The topological polar surface area (TPSA) is 93.3 Å². The second-order valence-electron chi connectivity index (χ2n) is 5.44. The number of rotatable bonds is 3. The number of ether oxygens (including phenoxy) is 2. The van der Waals surface area contributed by atoms with Crippen LogP contribution in [0, 0.1) is 0 Å². The maximum absolute atomic E-state index is 12.5. The monoisotopic (exact) mass is 401 g/mol. The number of hydrogen-bond acceptors (Lipinski definition) is 5. The molecule has 1 aliphatic heterocycles. The van der Waals surface area contributed by atoms with Crippen LogP contribution in [0.15, 0.2) is 45.7 Å². The minimum absolute atomic E-state index is 0.176. The van der Waals surface area contributed by atoms with Crippen LogP contribution < -0.4 is 20.3 Å². The van der Waals surface area contributed by atoms with Gasteiger partial charge < -0.3 is 14.8 Å². The zero-order chi connectivity index (χ0) is 17.4. The number of benzene rings is 2. The molecule has 1 aromatic heterocycles. The van der Waals surface area contributed by atoms with Gasteiger partial charge in [-0.1, -0.05) is 18.2 Å². The Morgan fingerprint density at radius 2 is 2.04 bits per heavy atom. The molecule has 7 nitrogen and oxygen atoms in total. The summed E-state index contributed by atoms with van der Waals surface area (Å²) >= 11 is 3.42. The van der Waals surface area contributed by atoms with E-state index in [1.54, 1.807) is 24.3 Å². The predicted molar refractivity (Wildman–Crippen MR) is 93.8 cm³/mol. The van der Waals surface area contributed by atoms with E-state index in [9.17, 15) is 9.59 Å². The van der Waals surface area contributed by atoms with Gasteiger partial charge in [-0.05, 0) is 39.7 Å². The summed E-state index contributed by atoms with van der Waals surface area (Å²) in [6, 6.07) is 10.5. The zero-order valence-corrected chi connectivity index (χ0v) is 14.4. The molecule has 3 aromatic rings. The normalized spacial score (nSPS) is 12.4. The maximum Gasteiger partial charge on any atom is 0.272 e. The summed E-state index contributed by atoms with van der Waals surface area (Å²) in [5.41, 5.74) is 0.695. The Morgan fingerprint density at radius 3 is 2.88 bits per heavy atom. The Hall–Kier alpha value is -2.87. The average Bonchev–Trinajstić information content (AvgIpc) is 3.09. The third-order valence-corrected chi connectivity index (χ3v) is 4.44. The van der Waals surface area contributed by atoms with Gasteiger partial charge in [0.05, 0.1) is 9.86 Å². The van der Waals surface area contributed by atoms with Crippen molar-refractivity contribution >= 4 is 32.6 Å². The number of carbonyl (C=O) groups excluding carboxylic acids is 1. The van der Waals surface area contributed by atoms with E-state index in [2.05, 4.69) is 31.4 Å². The standard InChI is InChI=1S/C17H12BrN3O4/c18-12-5-9(6-13-15(12)25-8-24-13)7-19-17(23)14-10-3-1-2-4-11(10)16(22)21-20-14/h1-6H,7-8H2,(H,19,23)(H,21,22). The minimum atomic E-state index is -0.374. The molecule has 126 valence electrons. The molecule has 0 radical (unpaired) electrons. The zero-order valence-electron chi connectivity index (χ0n) is 12.8. The third-order valence-electron chi connectivity index (χ3n) is 3.85. The van der Waals surface area contributed by atoms with Crippen LogP contribution in [0.2, 0.25) is 0 Å². The molecular weight excluding hydrogens is 390 g/mol. The van der Waals surface area contributed by atoms with Crippen LogP contribution in [0.5, 0.6) is 11.5 Å². The first-order valence-corrected chi connectivity index (χ1v) is 8.26. The van der Waals surface area contributed by atoms with Gasteiger partial charge in [0.1, 0.15) is 0 Å². The molecular formula is C17H12BrN3O4. The molecule has 0 saturated heterocycles. The number of nitrogens with one attached hydrogen (secondary N) is 2. The fourth-order valence-corrected chi connectivity index (χ4v) is 3.28. The number of aromatic nitrogens is 2. The van der Waals surface area contributed by atoms with Gasteiger partial charge in [0.15, 0.2) is 17.2 Å². The summed E-state index contributed by atoms with van der Waals surface area (Å²) < 4.78 is 11.5. The van der Waals surface area contributed by atoms with Crippen LogP contribution in [0.3, 0.4) is 0 Å². The number of nitrogens with zero attached hydrogens (tertiary/aromatic N) is 1. The van der Waals surface area contributed by atoms with Gasteiger partial charge >= 0.3 is 0 Å². The van der Waals surface area contributed by atoms with Crippen molar-refractivity contribution < 1.29 is 14.3 Å². The lowest BCUT2D eigenvalue weighted by atomic mass is 10.1. The number of amides is 1. The van der Waals surface area contributed by atoms with Gasteiger partial charge in [-0.3, -0.25) is 9.59 Å². The Balaban J connectivity index is 1.59. The molecule has 4 rings (SSSR count). The van der Waals surface area contributed by atoms with Crippen LogP contribution in [0.1, 0.15) is 16.1 Å². The fourth-order valence-electron chi connectivity index (χ4n) is 2.68. The molecule has 0 unspecified atom stereocenters. The highest BCUT2D eigenvalue weighted by Crippen LogP contribution is 2.39. The molecule has 0 aliphatic carbocycles. The highest BCUT2D eigenvalue weighted by Gasteiger charge is 2.19. The van der Waals surface area contributed by atoms with Crippen LogP contribution in [-0.2, 0) is 6.54 Å². The summed E-state index contributed by atoms with van der Waals surface area (Å²) in [7, 11) is 0. The summed E-state index contributed by atoms with van der Waals surface area (Å²) in [5, 5.41) is 9.98. The Kier molecular flexibility index (Phi) is 3.89. The third kappa shape index (κ3) is 2.85. The lowest BCUT2D eigenvalue weighted by Crippen LogP contribution is -2.26. The smallest absolute Gasteiger partial charge is 0.272 e. The van der Waals surface area contributed by atoms with Crippen molar-refractivity contribution in [2.45, 2.75) is 6.54 Å². The summed E-state index contributed by atoms with van der Waals surface area (Å²) in [6.07, 6.45) is 0. The number of fused-ring (bicyclic) bond motifs is 2. The molecule has 0 saturated carbocycles. The van der Waals surface area contributed by atoms with E-state index in [4.69, 9.17) is 9.47 Å². The molecule has 1 amide bonds. The van der Waals surface area contributed by atoms with Crippen molar-refractivity contribution in [2.24, 2.45) is 0 Å². The Morgan fingerprint density at radius 1 is 1.24 bits per heavy atom. The van der Waals surface area contributed by atoms with E-state index in [0.29, 0.717) is 22.3 Å². The molecule has 25 heavy (non-hydrogen) atoms. The molecule has 2 aromatic carbocycles. The molecule has 0 bridgehead atoms. The van der Waals surface area contributed by atoms with Crippen molar-refractivity contribution in [3.05, 3.63) is 62.5 Å². The second kappa shape index (κ2) is 6.21. The Bertz CT molecular complexity index is 1050. The first kappa shape index (κ1) is 15.6. The average molecular weight is 402 g/mol. The van der Waals surface area contributed by atoms with E-state index in [-0.39, 0.29) is 30.5 Å². The van der Waals surface area contributed by atoms with Crippen molar-refractivity contribution in [1.29, 1.82) is 0 Å². The van der Waals surface area contributed by atoms with E-state index < -0.39 is 0 Å². The summed E-state index contributed by atoms with van der Waals surface area (Å²) in [6.45, 7) is 0.459. The maximum atomic E-state index is 12.5. The SMILES string of the molecule is O=C(NCc1cc(Br)c2c(c1)OCO2)c1n[nH]c(=O)c2ccccc12. The molecule has 0 spiro atoms. The number of carbonyl (C=O) groups is 1. The molecule has 0 atom stereocenters. The highest BCUT2D eigenvalue weighted by molar-refractivity contribution is 9.10. The first-order chi connectivity index (χ1) is 12.1. The number of hydrogen-bond donors (Lipinski definition) is 2. The van der Waals surface area contributed by atoms with Crippen molar-refractivity contribution in [3.63, 3.8) is 0 Å². The van der Waals surface area contributed by atoms with Crippen LogP contribution in [-0.4, -0.2) is 22.9 Å². The van der Waals surface area contributed by atoms with Gasteiger partial charge in [0, 0.05) is 11.9 Å². The van der Waals surface area contributed by atoms with Crippen LogP contribution >= 0.6 is 15.9 Å². The Labute approximate surface area is 150 Å². The van der Waals surface area contributed by atoms with E-state index in [1.165, 1.54) is 0 Å². The number of halogens is 1. The first-order valence-electron chi connectivity index (χ1n) is 7.47. The van der Waals surface area contributed by atoms with Crippen molar-refractivity contribution in [1.82, 2.24) is 15.5 Å². The van der Waals surface area contributed by atoms with Crippen LogP contribution in [0.25, 0.3) is 10.8 Å². The molecule has 8 heteroatoms. The number of H-pyrrole nitrogens is 1. The largest absolute Gasteiger partial charge is 0.454 e. The predicted octanol–water partition coefficient (Wildman–Crippen LogP) is 2.34. The van der Waals surface area contributed by atoms with Crippen molar-refractivity contribution in [3.8, 4) is 11.5 Å². The van der Waals surface area contributed by atoms with Gasteiger partial charge in [-0.15, -0.1) is 0 Å². The lowest BCUT2D eigenvalue weighted by Gasteiger charge is -2.08.